The number of carbonyl (C=O) groups is 1. The number of rotatable bonds is 3. The van der Waals surface area contributed by atoms with Gasteiger partial charge in [-0.05, 0) is 35.9 Å². The number of anilines is 2. The highest BCUT2D eigenvalue weighted by molar-refractivity contribution is 6.33. The predicted octanol–water partition coefficient (Wildman–Crippen LogP) is 3.38. The van der Waals surface area contributed by atoms with Gasteiger partial charge in [-0.25, -0.2) is 9.18 Å². The second-order valence-corrected chi connectivity index (χ2v) is 4.58. The molecule has 0 saturated heterocycles. The summed E-state index contributed by atoms with van der Waals surface area (Å²) in [4.78, 5) is 11.7. The van der Waals surface area contributed by atoms with Crippen molar-refractivity contribution in [3.05, 3.63) is 58.9 Å². The third-order valence-corrected chi connectivity index (χ3v) is 2.95. The van der Waals surface area contributed by atoms with Crippen LogP contribution in [0.3, 0.4) is 0 Å². The van der Waals surface area contributed by atoms with E-state index in [9.17, 15) is 9.18 Å². The Kier molecular flexibility index (Phi) is 4.42. The van der Waals surface area contributed by atoms with Gasteiger partial charge in [-0.3, -0.25) is 0 Å². The van der Waals surface area contributed by atoms with Crippen LogP contribution in [0.4, 0.5) is 20.6 Å². The van der Waals surface area contributed by atoms with Gasteiger partial charge in [0.25, 0.3) is 0 Å². The molecule has 6 heteroatoms. The molecule has 0 fully saturated rings. The SMILES string of the molecule is Nc1ccc(NC(=O)NCc2ccc(F)cc2)cc1Cl. The van der Waals surface area contributed by atoms with Crippen LogP contribution in [0.1, 0.15) is 5.56 Å². The van der Waals surface area contributed by atoms with Gasteiger partial charge in [-0.2, -0.15) is 0 Å². The fourth-order valence-electron chi connectivity index (χ4n) is 1.56. The van der Waals surface area contributed by atoms with Crippen molar-refractivity contribution in [3.63, 3.8) is 0 Å². The number of nitrogens with one attached hydrogen (secondary N) is 2. The second kappa shape index (κ2) is 6.25. The summed E-state index contributed by atoms with van der Waals surface area (Å²) < 4.78 is 12.7. The fourth-order valence-corrected chi connectivity index (χ4v) is 1.75. The number of nitrogens with two attached hydrogens (primary N) is 1. The summed E-state index contributed by atoms with van der Waals surface area (Å²) in [6.07, 6.45) is 0. The van der Waals surface area contributed by atoms with Crippen molar-refractivity contribution in [1.29, 1.82) is 0 Å². The molecule has 0 unspecified atom stereocenters. The Morgan fingerprint density at radius 2 is 1.90 bits per heavy atom. The molecule has 0 bridgehead atoms. The first kappa shape index (κ1) is 14.1. The molecule has 0 saturated carbocycles. The maximum absolute atomic E-state index is 12.7. The van der Waals surface area contributed by atoms with Crippen molar-refractivity contribution < 1.29 is 9.18 Å². The standard InChI is InChI=1S/C14H13ClFN3O/c15-12-7-11(5-6-13(12)17)19-14(20)18-8-9-1-3-10(16)4-2-9/h1-7H,8,17H2,(H2,18,19,20). The molecule has 2 amide bonds. The molecule has 2 aromatic carbocycles. The van der Waals surface area contributed by atoms with Crippen molar-refractivity contribution >= 4 is 29.0 Å². The monoisotopic (exact) mass is 293 g/mol. The van der Waals surface area contributed by atoms with Gasteiger partial charge in [0.1, 0.15) is 5.82 Å². The number of nitrogen functional groups attached to an aromatic ring is 1. The highest BCUT2D eigenvalue weighted by Crippen LogP contribution is 2.22. The van der Waals surface area contributed by atoms with Gasteiger partial charge in [0.05, 0.1) is 10.7 Å². The van der Waals surface area contributed by atoms with Gasteiger partial charge in [0.15, 0.2) is 0 Å². The normalized spacial score (nSPS) is 10.1. The van der Waals surface area contributed by atoms with Crippen molar-refractivity contribution in [2.24, 2.45) is 0 Å². The first-order chi connectivity index (χ1) is 9.54. The molecule has 104 valence electrons. The van der Waals surface area contributed by atoms with Crippen LogP contribution in [0.2, 0.25) is 5.02 Å². The molecule has 4 nitrogen and oxygen atoms in total. The van der Waals surface area contributed by atoms with Crippen molar-refractivity contribution in [1.82, 2.24) is 5.32 Å². The number of hydrogen-bond acceptors (Lipinski definition) is 2. The summed E-state index contributed by atoms with van der Waals surface area (Å²) in [6, 6.07) is 10.3. The van der Waals surface area contributed by atoms with Crippen LogP contribution in [-0.4, -0.2) is 6.03 Å². The van der Waals surface area contributed by atoms with Crippen molar-refractivity contribution in [3.8, 4) is 0 Å². The number of hydrogen-bond donors (Lipinski definition) is 3. The van der Waals surface area contributed by atoms with Crippen LogP contribution >= 0.6 is 11.6 Å². The largest absolute Gasteiger partial charge is 0.398 e. The summed E-state index contributed by atoms with van der Waals surface area (Å²) in [5, 5.41) is 5.66. The molecule has 0 heterocycles. The Balaban J connectivity index is 1.89. The molecule has 2 rings (SSSR count). The highest BCUT2D eigenvalue weighted by Gasteiger charge is 2.04. The minimum Gasteiger partial charge on any atom is -0.398 e. The highest BCUT2D eigenvalue weighted by atomic mass is 35.5. The first-order valence-corrected chi connectivity index (χ1v) is 6.27. The molecular weight excluding hydrogens is 281 g/mol. The number of amides is 2. The number of carbonyl (C=O) groups excluding carboxylic acids is 1. The molecule has 0 radical (unpaired) electrons. The maximum atomic E-state index is 12.7. The Bertz CT molecular complexity index is 616. The molecule has 0 aliphatic rings. The average Bonchev–Trinajstić information content (AvgIpc) is 2.42. The lowest BCUT2D eigenvalue weighted by Gasteiger charge is -2.08. The molecular formula is C14H13ClFN3O. The topological polar surface area (TPSA) is 67.1 Å². The van der Waals surface area contributed by atoms with Crippen molar-refractivity contribution in [2.75, 3.05) is 11.1 Å². The summed E-state index contributed by atoms with van der Waals surface area (Å²) >= 11 is 5.85. The van der Waals surface area contributed by atoms with Gasteiger partial charge in [0, 0.05) is 12.2 Å². The zero-order chi connectivity index (χ0) is 14.5. The Labute approximate surface area is 120 Å². The zero-order valence-electron chi connectivity index (χ0n) is 10.5. The van der Waals surface area contributed by atoms with E-state index in [-0.39, 0.29) is 11.8 Å². The zero-order valence-corrected chi connectivity index (χ0v) is 11.2. The van der Waals surface area contributed by atoms with Crippen LogP contribution in [0.15, 0.2) is 42.5 Å². The molecule has 0 spiro atoms. The summed E-state index contributed by atoms with van der Waals surface area (Å²) in [7, 11) is 0. The van der Waals surface area contributed by atoms with E-state index in [1.165, 1.54) is 12.1 Å². The van der Waals surface area contributed by atoms with E-state index in [2.05, 4.69) is 10.6 Å². The van der Waals surface area contributed by atoms with Crippen molar-refractivity contribution in [2.45, 2.75) is 6.54 Å². The van der Waals surface area contributed by atoms with Gasteiger partial charge in [0.2, 0.25) is 0 Å². The lowest BCUT2D eigenvalue weighted by atomic mass is 10.2. The van der Waals surface area contributed by atoms with E-state index in [0.717, 1.165) is 5.56 Å². The molecule has 0 aliphatic heterocycles. The second-order valence-electron chi connectivity index (χ2n) is 4.17. The third kappa shape index (κ3) is 3.86. The smallest absolute Gasteiger partial charge is 0.319 e. The molecule has 0 atom stereocenters. The number of urea groups is 1. The van der Waals surface area contributed by atoms with E-state index in [1.54, 1.807) is 30.3 Å². The minimum absolute atomic E-state index is 0.300. The molecule has 0 aliphatic carbocycles. The van der Waals surface area contributed by atoms with E-state index in [4.69, 9.17) is 17.3 Å². The van der Waals surface area contributed by atoms with Gasteiger partial charge < -0.3 is 16.4 Å². The van der Waals surface area contributed by atoms with E-state index >= 15 is 0 Å². The van der Waals surface area contributed by atoms with Gasteiger partial charge >= 0.3 is 6.03 Å². The van der Waals surface area contributed by atoms with Crippen LogP contribution in [0, 0.1) is 5.82 Å². The van der Waals surface area contributed by atoms with E-state index < -0.39 is 0 Å². The first-order valence-electron chi connectivity index (χ1n) is 5.89. The summed E-state index contributed by atoms with van der Waals surface area (Å²) in [5.74, 6) is -0.310. The fraction of sp³-hybridized carbons (Fsp3) is 0.0714. The third-order valence-electron chi connectivity index (χ3n) is 2.62. The summed E-state index contributed by atoms with van der Waals surface area (Å²) in [6.45, 7) is 0.300. The minimum atomic E-state index is -0.379. The van der Waals surface area contributed by atoms with E-state index in [0.29, 0.717) is 22.9 Å². The van der Waals surface area contributed by atoms with Gasteiger partial charge in [-0.1, -0.05) is 23.7 Å². The molecule has 20 heavy (non-hydrogen) atoms. The van der Waals surface area contributed by atoms with Crippen LogP contribution in [-0.2, 0) is 6.54 Å². The average molecular weight is 294 g/mol. The lowest BCUT2D eigenvalue weighted by molar-refractivity contribution is 0.251. The number of halogens is 2. The quantitative estimate of drug-likeness (QED) is 0.759. The Hall–Kier alpha value is -2.27. The predicted molar refractivity (Wildman–Crippen MR) is 78.1 cm³/mol. The molecule has 4 N–H and O–H groups in total. The number of benzene rings is 2. The Morgan fingerprint density at radius 3 is 2.55 bits per heavy atom. The van der Waals surface area contributed by atoms with Crippen LogP contribution < -0.4 is 16.4 Å². The van der Waals surface area contributed by atoms with Crippen LogP contribution in [0.5, 0.6) is 0 Å². The van der Waals surface area contributed by atoms with Crippen LogP contribution in [0.25, 0.3) is 0 Å². The van der Waals surface area contributed by atoms with Gasteiger partial charge in [-0.15, -0.1) is 0 Å². The Morgan fingerprint density at radius 1 is 1.20 bits per heavy atom. The maximum Gasteiger partial charge on any atom is 0.319 e. The molecule has 0 aromatic heterocycles. The summed E-state index contributed by atoms with van der Waals surface area (Å²) in [5.41, 5.74) is 7.37. The van der Waals surface area contributed by atoms with E-state index in [1.807, 2.05) is 0 Å². The lowest BCUT2D eigenvalue weighted by Crippen LogP contribution is -2.28. The molecule has 2 aromatic rings.